The molecule has 20 heavy (non-hydrogen) atoms. The first-order chi connectivity index (χ1) is 9.29. The minimum Gasteiger partial charge on any atom is -0.497 e. The number of rotatable bonds is 5. The molecule has 0 amide bonds. The minimum absolute atomic E-state index is 0.473. The molecule has 2 atom stereocenters. The van der Waals surface area contributed by atoms with Gasteiger partial charge < -0.3 is 9.47 Å². The Kier molecular flexibility index (Phi) is 5.71. The molecule has 5 nitrogen and oxygen atoms in total. The Hall–Kier alpha value is -1.40. The molecule has 1 N–H and O–H groups in total. The van der Waals surface area contributed by atoms with E-state index in [0.29, 0.717) is 11.3 Å². The zero-order chi connectivity index (χ0) is 15.3. The van der Waals surface area contributed by atoms with E-state index in [1.807, 2.05) is 20.8 Å². The highest BCUT2D eigenvalue weighted by Gasteiger charge is 2.28. The van der Waals surface area contributed by atoms with Crippen molar-refractivity contribution < 1.29 is 18.5 Å². The number of nitrogens with one attached hydrogen (secondary N) is 1. The largest absolute Gasteiger partial charge is 0.497 e. The van der Waals surface area contributed by atoms with Crippen molar-refractivity contribution in [3.8, 4) is 5.75 Å². The van der Waals surface area contributed by atoms with Gasteiger partial charge in [-0.05, 0) is 38.5 Å². The first-order valence-corrected chi connectivity index (χ1v) is 7.34. The standard InChI is InChI=1S/C14H21NO4S/c1-14(2,3)20(17)15-12(13(16)19-5)10-6-8-11(18-4)9-7-10/h6-9,12,15H,1-5H3/t12-,20-/m1/s1. The summed E-state index contributed by atoms with van der Waals surface area (Å²) < 4.78 is 24.3. The molecule has 6 heteroatoms. The maximum Gasteiger partial charge on any atom is 0.328 e. The van der Waals surface area contributed by atoms with Gasteiger partial charge in [0.15, 0.2) is 0 Å². The Morgan fingerprint density at radius 2 is 1.75 bits per heavy atom. The second-order valence-corrected chi connectivity index (χ2v) is 7.23. The average Bonchev–Trinajstić information content (AvgIpc) is 2.42. The van der Waals surface area contributed by atoms with Crippen LogP contribution in [0.5, 0.6) is 5.75 Å². The highest BCUT2D eigenvalue weighted by Crippen LogP contribution is 2.21. The van der Waals surface area contributed by atoms with Gasteiger partial charge in [-0.25, -0.2) is 13.7 Å². The normalized spacial score (nSPS) is 14.4. The number of methoxy groups -OCH3 is 2. The molecular weight excluding hydrogens is 278 g/mol. The summed E-state index contributed by atoms with van der Waals surface area (Å²) in [5.74, 6) is 0.210. The van der Waals surface area contributed by atoms with Crippen LogP contribution in [0.15, 0.2) is 24.3 Å². The summed E-state index contributed by atoms with van der Waals surface area (Å²) >= 11 is 0. The number of esters is 1. The van der Waals surface area contributed by atoms with Crippen molar-refractivity contribution in [2.75, 3.05) is 14.2 Å². The van der Waals surface area contributed by atoms with E-state index in [-0.39, 0.29) is 0 Å². The van der Waals surface area contributed by atoms with E-state index in [1.54, 1.807) is 31.4 Å². The van der Waals surface area contributed by atoms with Crippen molar-refractivity contribution >= 4 is 17.0 Å². The number of carbonyl (C=O) groups is 1. The molecular formula is C14H21NO4S. The fraction of sp³-hybridized carbons (Fsp3) is 0.500. The van der Waals surface area contributed by atoms with Crippen LogP contribution >= 0.6 is 0 Å². The van der Waals surface area contributed by atoms with Crippen LogP contribution in [0.1, 0.15) is 32.4 Å². The van der Waals surface area contributed by atoms with Crippen LogP contribution in [0, 0.1) is 0 Å². The van der Waals surface area contributed by atoms with Crippen LogP contribution in [0.2, 0.25) is 0 Å². The highest BCUT2D eigenvalue weighted by molar-refractivity contribution is 7.84. The van der Waals surface area contributed by atoms with E-state index in [1.165, 1.54) is 7.11 Å². The van der Waals surface area contributed by atoms with Gasteiger partial charge in [0.2, 0.25) is 0 Å². The number of benzene rings is 1. The van der Waals surface area contributed by atoms with Crippen molar-refractivity contribution in [3.63, 3.8) is 0 Å². The van der Waals surface area contributed by atoms with Gasteiger partial charge in [-0.2, -0.15) is 0 Å². The number of ether oxygens (including phenoxy) is 2. The number of hydrogen-bond donors (Lipinski definition) is 1. The first-order valence-electron chi connectivity index (χ1n) is 6.19. The lowest BCUT2D eigenvalue weighted by molar-refractivity contribution is -0.142. The second-order valence-electron chi connectivity index (χ2n) is 5.23. The fourth-order valence-electron chi connectivity index (χ4n) is 1.45. The highest BCUT2D eigenvalue weighted by atomic mass is 32.2. The lowest BCUT2D eigenvalue weighted by Crippen LogP contribution is -2.39. The molecule has 1 aromatic rings. The van der Waals surface area contributed by atoms with E-state index in [0.717, 1.165) is 0 Å². The summed E-state index contributed by atoms with van der Waals surface area (Å²) in [6, 6.07) is 6.20. The van der Waals surface area contributed by atoms with Crippen LogP contribution in [0.4, 0.5) is 0 Å². The van der Waals surface area contributed by atoms with Crippen LogP contribution in [-0.2, 0) is 20.5 Å². The molecule has 1 rings (SSSR count). The Morgan fingerprint density at radius 1 is 1.20 bits per heavy atom. The predicted molar refractivity (Wildman–Crippen MR) is 78.8 cm³/mol. The zero-order valence-electron chi connectivity index (χ0n) is 12.4. The smallest absolute Gasteiger partial charge is 0.328 e. The van der Waals surface area contributed by atoms with Crippen LogP contribution in [0.25, 0.3) is 0 Å². The lowest BCUT2D eigenvalue weighted by Gasteiger charge is -2.23. The van der Waals surface area contributed by atoms with E-state index < -0.39 is 27.7 Å². The molecule has 0 aliphatic heterocycles. The van der Waals surface area contributed by atoms with Crippen molar-refractivity contribution in [1.82, 2.24) is 4.72 Å². The maximum absolute atomic E-state index is 12.2. The van der Waals surface area contributed by atoms with Crippen molar-refractivity contribution in [2.45, 2.75) is 31.6 Å². The third-order valence-electron chi connectivity index (χ3n) is 2.67. The minimum atomic E-state index is -1.38. The van der Waals surface area contributed by atoms with Gasteiger partial charge in [0.1, 0.15) is 11.8 Å². The molecule has 0 aliphatic rings. The maximum atomic E-state index is 12.2. The number of carbonyl (C=O) groups excluding carboxylic acids is 1. The van der Waals surface area contributed by atoms with Gasteiger partial charge in [-0.15, -0.1) is 0 Å². The van der Waals surface area contributed by atoms with Crippen LogP contribution < -0.4 is 9.46 Å². The molecule has 0 saturated heterocycles. The molecule has 0 fully saturated rings. The Balaban J connectivity index is 3.00. The summed E-state index contributed by atoms with van der Waals surface area (Å²) in [6.07, 6.45) is 0. The van der Waals surface area contributed by atoms with Gasteiger partial charge in [0.25, 0.3) is 0 Å². The summed E-state index contributed by atoms with van der Waals surface area (Å²) in [5.41, 5.74) is 0.676. The summed E-state index contributed by atoms with van der Waals surface area (Å²) in [7, 11) is 1.50. The Bertz CT molecular complexity index is 479. The van der Waals surface area contributed by atoms with Gasteiger partial charge in [0.05, 0.1) is 30.0 Å². The molecule has 0 radical (unpaired) electrons. The Morgan fingerprint density at radius 3 is 2.15 bits per heavy atom. The zero-order valence-corrected chi connectivity index (χ0v) is 13.2. The first kappa shape index (κ1) is 16.7. The molecule has 0 aliphatic carbocycles. The van der Waals surface area contributed by atoms with E-state index in [4.69, 9.17) is 9.47 Å². The van der Waals surface area contributed by atoms with Crippen molar-refractivity contribution in [1.29, 1.82) is 0 Å². The topological polar surface area (TPSA) is 64.6 Å². The molecule has 0 bridgehead atoms. The molecule has 0 aromatic heterocycles. The third-order valence-corrected chi connectivity index (χ3v) is 4.23. The fourth-order valence-corrected chi connectivity index (χ4v) is 2.25. The number of hydrogen-bond acceptors (Lipinski definition) is 4. The van der Waals surface area contributed by atoms with Crippen LogP contribution in [-0.4, -0.2) is 29.1 Å². The van der Waals surface area contributed by atoms with Gasteiger partial charge in [-0.1, -0.05) is 12.1 Å². The van der Waals surface area contributed by atoms with Gasteiger partial charge in [0, 0.05) is 0 Å². The van der Waals surface area contributed by atoms with E-state index in [2.05, 4.69) is 4.72 Å². The summed E-state index contributed by atoms with van der Waals surface area (Å²) in [6.45, 7) is 5.50. The van der Waals surface area contributed by atoms with Crippen LogP contribution in [0.3, 0.4) is 0 Å². The monoisotopic (exact) mass is 299 g/mol. The lowest BCUT2D eigenvalue weighted by atomic mass is 10.1. The third kappa shape index (κ3) is 4.31. The van der Waals surface area contributed by atoms with Gasteiger partial charge in [-0.3, -0.25) is 0 Å². The second kappa shape index (κ2) is 6.85. The average molecular weight is 299 g/mol. The molecule has 0 heterocycles. The van der Waals surface area contributed by atoms with Crippen molar-refractivity contribution in [2.24, 2.45) is 0 Å². The summed E-state index contributed by atoms with van der Waals surface area (Å²) in [5, 5.41) is 0. The van der Waals surface area contributed by atoms with E-state index in [9.17, 15) is 9.00 Å². The van der Waals surface area contributed by atoms with E-state index >= 15 is 0 Å². The molecule has 0 unspecified atom stereocenters. The Labute approximate surface area is 122 Å². The SMILES string of the molecule is COC(=O)[C@H](N[S@](=O)C(C)(C)C)c1ccc(OC)cc1. The summed E-state index contributed by atoms with van der Waals surface area (Å²) in [4.78, 5) is 11.9. The molecule has 0 spiro atoms. The molecule has 0 saturated carbocycles. The predicted octanol–water partition coefficient (Wildman–Crippen LogP) is 1.96. The van der Waals surface area contributed by atoms with Gasteiger partial charge >= 0.3 is 5.97 Å². The molecule has 112 valence electrons. The quantitative estimate of drug-likeness (QED) is 0.844. The van der Waals surface area contributed by atoms with Crippen molar-refractivity contribution in [3.05, 3.63) is 29.8 Å². The molecule has 1 aromatic carbocycles.